The second-order valence-corrected chi connectivity index (χ2v) is 11.3. The van der Waals surface area contributed by atoms with Crippen LogP contribution in [0.3, 0.4) is 0 Å². The zero-order valence-electron chi connectivity index (χ0n) is 22.4. The van der Waals surface area contributed by atoms with E-state index in [4.69, 9.17) is 23.2 Å². The number of urea groups is 1. The van der Waals surface area contributed by atoms with E-state index in [2.05, 4.69) is 32.7 Å². The van der Waals surface area contributed by atoms with Crippen LogP contribution in [0.25, 0.3) is 0 Å². The molecule has 9 heteroatoms. The van der Waals surface area contributed by atoms with Crippen LogP contribution >= 0.6 is 23.2 Å². The van der Waals surface area contributed by atoms with E-state index in [9.17, 15) is 9.59 Å². The molecule has 1 saturated heterocycles. The molecule has 39 heavy (non-hydrogen) atoms. The minimum Gasteiger partial charge on any atom is -0.371 e. The Morgan fingerprint density at radius 3 is 2.41 bits per heavy atom. The van der Waals surface area contributed by atoms with Crippen molar-refractivity contribution in [3.05, 3.63) is 86.7 Å². The molecule has 1 aromatic heterocycles. The number of halogens is 2. The number of hydrogen-bond acceptors (Lipinski definition) is 4. The Kier molecular flexibility index (Phi) is 8.01. The summed E-state index contributed by atoms with van der Waals surface area (Å²) >= 11 is 12.2. The monoisotopic (exact) mass is 565 g/mol. The molecule has 2 aliphatic rings. The van der Waals surface area contributed by atoms with E-state index >= 15 is 0 Å². The van der Waals surface area contributed by atoms with Crippen LogP contribution in [0.15, 0.2) is 48.5 Å². The third-order valence-corrected chi connectivity index (χ3v) is 8.28. The molecule has 0 saturated carbocycles. The fraction of sp³-hybridized carbons (Fsp3) is 0.367. The van der Waals surface area contributed by atoms with Crippen molar-refractivity contribution in [2.75, 3.05) is 30.4 Å². The summed E-state index contributed by atoms with van der Waals surface area (Å²) in [7, 11) is 1.90. The molecule has 3 amide bonds. The average molecular weight is 567 g/mol. The Morgan fingerprint density at radius 2 is 1.69 bits per heavy atom. The first-order valence-electron chi connectivity index (χ1n) is 13.3. The minimum atomic E-state index is -0.364. The number of amides is 3. The SMILES string of the molecule is Cc1cc(N2CCC(N(C)C(=O)c3ccc4c(c3)C(NC(=O)Nc3cc(Cl)ccc3Cl)CC4)CC2)cc(C)n1. The van der Waals surface area contributed by atoms with Gasteiger partial charge in [0, 0.05) is 53.8 Å². The van der Waals surface area contributed by atoms with Crippen molar-refractivity contribution in [1.29, 1.82) is 0 Å². The van der Waals surface area contributed by atoms with Gasteiger partial charge >= 0.3 is 6.03 Å². The van der Waals surface area contributed by atoms with Gasteiger partial charge in [-0.15, -0.1) is 0 Å². The van der Waals surface area contributed by atoms with Crippen LogP contribution in [-0.2, 0) is 6.42 Å². The van der Waals surface area contributed by atoms with Crippen LogP contribution < -0.4 is 15.5 Å². The van der Waals surface area contributed by atoms with Crippen LogP contribution in [-0.4, -0.2) is 48.0 Å². The molecule has 5 rings (SSSR count). The summed E-state index contributed by atoms with van der Waals surface area (Å²) in [4.78, 5) is 35.0. The van der Waals surface area contributed by atoms with E-state index in [-0.39, 0.29) is 24.0 Å². The quantitative estimate of drug-likeness (QED) is 0.367. The molecule has 0 spiro atoms. The molecule has 3 aromatic rings. The maximum Gasteiger partial charge on any atom is 0.319 e. The van der Waals surface area contributed by atoms with Gasteiger partial charge in [0.1, 0.15) is 0 Å². The Balaban J connectivity index is 1.22. The normalized spacial score (nSPS) is 17.1. The molecule has 2 heterocycles. The van der Waals surface area contributed by atoms with Gasteiger partial charge in [-0.3, -0.25) is 9.78 Å². The molecule has 2 aromatic carbocycles. The van der Waals surface area contributed by atoms with E-state index in [1.54, 1.807) is 18.2 Å². The van der Waals surface area contributed by atoms with Gasteiger partial charge in [0.05, 0.1) is 16.8 Å². The zero-order chi connectivity index (χ0) is 27.7. The highest BCUT2D eigenvalue weighted by atomic mass is 35.5. The summed E-state index contributed by atoms with van der Waals surface area (Å²) in [6.07, 6.45) is 3.43. The van der Waals surface area contributed by atoms with Crippen molar-refractivity contribution < 1.29 is 9.59 Å². The Labute approximate surface area is 239 Å². The summed E-state index contributed by atoms with van der Waals surface area (Å²) in [6, 6.07) is 14.7. The molecular weight excluding hydrogens is 533 g/mol. The summed E-state index contributed by atoms with van der Waals surface area (Å²) in [5.74, 6) is 0.00709. The van der Waals surface area contributed by atoms with Gasteiger partial charge in [-0.1, -0.05) is 29.3 Å². The van der Waals surface area contributed by atoms with Crippen LogP contribution in [0.1, 0.15) is 58.2 Å². The van der Waals surface area contributed by atoms with Gasteiger partial charge in [0.15, 0.2) is 0 Å². The molecule has 2 N–H and O–H groups in total. The lowest BCUT2D eigenvalue weighted by Gasteiger charge is -2.38. The van der Waals surface area contributed by atoms with Gasteiger partial charge in [-0.05, 0) is 93.1 Å². The number of anilines is 2. The first-order valence-corrected chi connectivity index (χ1v) is 14.1. The standard InChI is InChI=1S/C30H33Cl2N5O2/c1-18-14-24(15-19(2)33-18)37-12-10-23(11-13-37)36(3)29(38)21-5-4-20-6-9-27(25(20)16-21)34-30(39)35-28-17-22(31)7-8-26(28)32/h4-5,7-8,14-17,23,27H,6,9-13H2,1-3H3,(H2,34,35,39). The molecule has 7 nitrogen and oxygen atoms in total. The van der Waals surface area contributed by atoms with E-state index in [0.717, 1.165) is 61.3 Å². The molecule has 1 aliphatic carbocycles. The number of carbonyl (C=O) groups is 2. The van der Waals surface area contributed by atoms with Crippen molar-refractivity contribution in [3.8, 4) is 0 Å². The predicted molar refractivity (Wildman–Crippen MR) is 157 cm³/mol. The third kappa shape index (κ3) is 6.15. The third-order valence-electron chi connectivity index (χ3n) is 7.72. The highest BCUT2D eigenvalue weighted by Gasteiger charge is 2.29. The summed E-state index contributed by atoms with van der Waals surface area (Å²) in [6.45, 7) is 5.83. The summed E-state index contributed by atoms with van der Waals surface area (Å²) in [5.41, 5.74) is 6.48. The number of nitrogens with one attached hydrogen (secondary N) is 2. The van der Waals surface area contributed by atoms with Crippen molar-refractivity contribution >= 4 is 46.5 Å². The Bertz CT molecular complexity index is 1380. The maximum atomic E-state index is 13.5. The first kappa shape index (κ1) is 27.3. The van der Waals surface area contributed by atoms with E-state index in [1.165, 1.54) is 5.69 Å². The smallest absolute Gasteiger partial charge is 0.319 e. The number of pyridine rings is 1. The van der Waals surface area contributed by atoms with Crippen molar-refractivity contribution in [1.82, 2.24) is 15.2 Å². The number of carbonyl (C=O) groups excluding carboxylic acids is 2. The number of nitrogens with zero attached hydrogens (tertiary/aromatic N) is 3. The second kappa shape index (κ2) is 11.4. The number of aryl methyl sites for hydroxylation is 3. The van der Waals surface area contributed by atoms with Crippen molar-refractivity contribution in [3.63, 3.8) is 0 Å². The fourth-order valence-electron chi connectivity index (χ4n) is 5.67. The first-order chi connectivity index (χ1) is 18.7. The topological polar surface area (TPSA) is 77.6 Å². The predicted octanol–water partition coefficient (Wildman–Crippen LogP) is 6.56. The van der Waals surface area contributed by atoms with E-state index in [0.29, 0.717) is 21.3 Å². The molecule has 1 aliphatic heterocycles. The van der Waals surface area contributed by atoms with Crippen LogP contribution in [0.4, 0.5) is 16.2 Å². The number of aromatic nitrogens is 1. The number of hydrogen-bond donors (Lipinski definition) is 2. The van der Waals surface area contributed by atoms with Crippen LogP contribution in [0.5, 0.6) is 0 Å². The maximum absolute atomic E-state index is 13.5. The van der Waals surface area contributed by atoms with Crippen molar-refractivity contribution in [2.45, 2.75) is 51.6 Å². The lowest BCUT2D eigenvalue weighted by Crippen LogP contribution is -2.45. The number of fused-ring (bicyclic) bond motifs is 1. The Morgan fingerprint density at radius 1 is 0.974 bits per heavy atom. The lowest BCUT2D eigenvalue weighted by molar-refractivity contribution is 0.0709. The van der Waals surface area contributed by atoms with Gasteiger partial charge in [0.25, 0.3) is 5.91 Å². The van der Waals surface area contributed by atoms with E-state index in [1.807, 2.05) is 44.0 Å². The van der Waals surface area contributed by atoms with Crippen LogP contribution in [0.2, 0.25) is 10.0 Å². The molecular formula is C30H33Cl2N5O2. The number of piperidine rings is 1. The molecule has 204 valence electrons. The number of benzene rings is 2. The molecule has 1 atom stereocenters. The van der Waals surface area contributed by atoms with Gasteiger partial charge in [0.2, 0.25) is 0 Å². The molecule has 1 unspecified atom stereocenters. The molecule has 1 fully saturated rings. The second-order valence-electron chi connectivity index (χ2n) is 10.5. The number of rotatable bonds is 5. The fourth-order valence-corrected chi connectivity index (χ4v) is 6.01. The Hall–Kier alpha value is -3.29. The van der Waals surface area contributed by atoms with Gasteiger partial charge < -0.3 is 20.4 Å². The lowest BCUT2D eigenvalue weighted by atomic mass is 10.00. The summed E-state index contributed by atoms with van der Waals surface area (Å²) < 4.78 is 0. The van der Waals surface area contributed by atoms with Crippen molar-refractivity contribution in [2.24, 2.45) is 0 Å². The van der Waals surface area contributed by atoms with E-state index < -0.39 is 0 Å². The van der Waals surface area contributed by atoms with Gasteiger partial charge in [-0.2, -0.15) is 0 Å². The van der Waals surface area contributed by atoms with Gasteiger partial charge in [-0.25, -0.2) is 4.79 Å². The average Bonchev–Trinajstić information content (AvgIpc) is 3.31. The highest BCUT2D eigenvalue weighted by molar-refractivity contribution is 6.35. The van der Waals surface area contributed by atoms with Crippen LogP contribution in [0, 0.1) is 13.8 Å². The molecule has 0 bridgehead atoms. The largest absolute Gasteiger partial charge is 0.371 e. The molecule has 0 radical (unpaired) electrons. The highest BCUT2D eigenvalue weighted by Crippen LogP contribution is 2.33. The zero-order valence-corrected chi connectivity index (χ0v) is 23.9. The minimum absolute atomic E-state index is 0.00709. The summed E-state index contributed by atoms with van der Waals surface area (Å²) in [5, 5.41) is 6.71.